The minimum atomic E-state index is -0.259. The minimum Gasteiger partial charge on any atom is -0.345 e. The summed E-state index contributed by atoms with van der Waals surface area (Å²) < 4.78 is 0. The van der Waals surface area contributed by atoms with Crippen LogP contribution in [-0.2, 0) is 0 Å². The molecule has 0 aliphatic heterocycles. The summed E-state index contributed by atoms with van der Waals surface area (Å²) in [6, 6.07) is 32.9. The quantitative estimate of drug-likeness (QED) is 0.371. The normalized spacial score (nSPS) is 9.78. The van der Waals surface area contributed by atoms with Crippen LogP contribution in [-0.4, -0.2) is 4.98 Å². The van der Waals surface area contributed by atoms with Gasteiger partial charge in [-0.15, -0.1) is 11.3 Å². The summed E-state index contributed by atoms with van der Waals surface area (Å²) in [7, 11) is 0. The fourth-order valence-corrected chi connectivity index (χ4v) is 4.27. The van der Waals surface area contributed by atoms with E-state index in [1.54, 1.807) is 29.5 Å². The minimum absolute atomic E-state index is 0.0822. The fraction of sp³-hybridized carbons (Fsp3) is 0. The number of hydrogen-bond acceptors (Lipinski definition) is 6. The first kappa shape index (κ1) is 20.6. The van der Waals surface area contributed by atoms with Gasteiger partial charge in [0.2, 0.25) is 0 Å². The van der Waals surface area contributed by atoms with Crippen LogP contribution in [0.2, 0.25) is 0 Å². The van der Waals surface area contributed by atoms with E-state index in [1.165, 1.54) is 0 Å². The number of thiazole rings is 1. The van der Waals surface area contributed by atoms with Gasteiger partial charge in [0.25, 0.3) is 0 Å². The largest absolute Gasteiger partial charge is 0.345 e. The van der Waals surface area contributed by atoms with Gasteiger partial charge in [-0.25, -0.2) is 4.98 Å². The van der Waals surface area contributed by atoms with Crippen LogP contribution in [0.4, 0.5) is 5.69 Å². The molecule has 3 aromatic carbocycles. The molecule has 0 aliphatic rings. The molecule has 0 saturated carbocycles. The maximum Gasteiger partial charge on any atom is 0.163 e. The van der Waals surface area contributed by atoms with Gasteiger partial charge in [-0.1, -0.05) is 72.8 Å². The van der Waals surface area contributed by atoms with Crippen LogP contribution in [0.5, 0.6) is 0 Å². The molecule has 0 aliphatic carbocycles. The van der Waals surface area contributed by atoms with Crippen LogP contribution in [0, 0.1) is 34.0 Å². The predicted molar refractivity (Wildman–Crippen MR) is 126 cm³/mol. The van der Waals surface area contributed by atoms with Crippen LogP contribution in [0.15, 0.2) is 96.2 Å². The Balaban J connectivity index is 1.79. The summed E-state index contributed by atoms with van der Waals surface area (Å²) in [6.45, 7) is 0. The highest BCUT2D eigenvalue weighted by Crippen LogP contribution is 2.40. The number of rotatable bonds is 5. The van der Waals surface area contributed by atoms with E-state index in [9.17, 15) is 5.26 Å². The van der Waals surface area contributed by atoms with Crippen LogP contribution in [0.3, 0.4) is 0 Å². The average molecular weight is 430 g/mol. The summed E-state index contributed by atoms with van der Waals surface area (Å²) >= 11 is 1.59. The van der Waals surface area contributed by atoms with Gasteiger partial charge < -0.3 is 5.32 Å². The third-order valence-electron chi connectivity index (χ3n) is 4.67. The van der Waals surface area contributed by atoms with E-state index in [4.69, 9.17) is 15.5 Å². The standard InChI is InChI=1S/C26H15N5S/c27-15-21(16-28)23(17-29)30-22-13-7-12-20(14-22)26-31-24(18-8-3-1-4-9-18)25(32-26)19-10-5-2-6-11-19/h1-14,30H. The van der Waals surface area contributed by atoms with E-state index in [2.05, 4.69) is 17.4 Å². The van der Waals surface area contributed by atoms with Crippen molar-refractivity contribution in [3.05, 3.63) is 96.2 Å². The van der Waals surface area contributed by atoms with Crippen molar-refractivity contribution < 1.29 is 0 Å². The Kier molecular flexibility index (Phi) is 6.05. The molecule has 150 valence electrons. The molecule has 0 fully saturated rings. The lowest BCUT2D eigenvalue weighted by molar-refractivity contribution is 1.37. The molecule has 4 rings (SSSR count). The Labute approximate surface area is 189 Å². The van der Waals surface area contributed by atoms with Gasteiger partial charge in [0.05, 0.1) is 10.6 Å². The molecular formula is C26H15N5S. The summed E-state index contributed by atoms with van der Waals surface area (Å²) in [5.74, 6) is 0. The first-order valence-corrected chi connectivity index (χ1v) is 10.5. The molecule has 0 saturated heterocycles. The molecule has 4 aromatic rings. The van der Waals surface area contributed by atoms with Crippen LogP contribution in [0.25, 0.3) is 32.3 Å². The zero-order valence-electron chi connectivity index (χ0n) is 16.8. The zero-order chi connectivity index (χ0) is 22.3. The molecule has 0 atom stereocenters. The maximum atomic E-state index is 9.32. The van der Waals surface area contributed by atoms with Crippen molar-refractivity contribution in [1.82, 2.24) is 4.98 Å². The fourth-order valence-electron chi connectivity index (χ4n) is 3.18. The smallest absolute Gasteiger partial charge is 0.163 e. The number of anilines is 1. The third-order valence-corrected chi connectivity index (χ3v) is 5.83. The molecule has 1 aromatic heterocycles. The van der Waals surface area contributed by atoms with Crippen molar-refractivity contribution in [2.24, 2.45) is 0 Å². The molecule has 0 radical (unpaired) electrons. The Morgan fingerprint density at radius 3 is 1.97 bits per heavy atom. The van der Waals surface area contributed by atoms with Crippen molar-refractivity contribution in [1.29, 1.82) is 15.8 Å². The van der Waals surface area contributed by atoms with Gasteiger partial charge in [-0.3, -0.25) is 0 Å². The second-order valence-corrected chi connectivity index (χ2v) is 7.72. The number of nitriles is 3. The van der Waals surface area contributed by atoms with Crippen molar-refractivity contribution >= 4 is 17.0 Å². The van der Waals surface area contributed by atoms with Crippen molar-refractivity contribution in [3.8, 4) is 50.5 Å². The molecule has 1 heterocycles. The molecule has 1 N–H and O–H groups in total. The number of hydrogen-bond donors (Lipinski definition) is 1. The zero-order valence-corrected chi connectivity index (χ0v) is 17.6. The van der Waals surface area contributed by atoms with Gasteiger partial charge in [-0.05, 0) is 17.7 Å². The summed E-state index contributed by atoms with van der Waals surface area (Å²) in [4.78, 5) is 6.01. The Bertz CT molecular complexity index is 1340. The van der Waals surface area contributed by atoms with Crippen LogP contribution >= 0.6 is 11.3 Å². The van der Waals surface area contributed by atoms with Crippen molar-refractivity contribution in [2.75, 3.05) is 5.32 Å². The third kappa shape index (κ3) is 4.25. The number of aromatic nitrogens is 1. The summed E-state index contributed by atoms with van der Waals surface area (Å²) in [5, 5.41) is 31.1. The molecule has 0 spiro atoms. The number of benzene rings is 3. The lowest BCUT2D eigenvalue weighted by Crippen LogP contribution is -2.00. The highest BCUT2D eigenvalue weighted by molar-refractivity contribution is 7.19. The van der Waals surface area contributed by atoms with E-state index in [0.717, 1.165) is 32.3 Å². The molecule has 0 unspecified atom stereocenters. The van der Waals surface area contributed by atoms with Gasteiger partial charge in [0.15, 0.2) is 5.57 Å². The first-order valence-electron chi connectivity index (χ1n) is 9.67. The van der Waals surface area contributed by atoms with Crippen LogP contribution < -0.4 is 5.32 Å². The second kappa shape index (κ2) is 9.41. The predicted octanol–water partition coefficient (Wildman–Crippen LogP) is 6.38. The summed E-state index contributed by atoms with van der Waals surface area (Å²) in [5.41, 5.74) is 4.15. The topological polar surface area (TPSA) is 96.3 Å². The van der Waals surface area contributed by atoms with Gasteiger partial charge in [0, 0.05) is 16.8 Å². The van der Waals surface area contributed by atoms with E-state index in [1.807, 2.05) is 72.8 Å². The monoisotopic (exact) mass is 429 g/mol. The van der Waals surface area contributed by atoms with E-state index < -0.39 is 0 Å². The molecule has 5 nitrogen and oxygen atoms in total. The van der Waals surface area contributed by atoms with Gasteiger partial charge in [0.1, 0.15) is 28.9 Å². The van der Waals surface area contributed by atoms with E-state index in [0.29, 0.717) is 5.69 Å². The Morgan fingerprint density at radius 2 is 1.34 bits per heavy atom. The molecule has 32 heavy (non-hydrogen) atoms. The maximum absolute atomic E-state index is 9.32. The Morgan fingerprint density at radius 1 is 0.719 bits per heavy atom. The highest BCUT2D eigenvalue weighted by atomic mass is 32.1. The lowest BCUT2D eigenvalue weighted by Gasteiger charge is -2.06. The lowest BCUT2D eigenvalue weighted by atomic mass is 10.1. The van der Waals surface area contributed by atoms with Crippen LogP contribution in [0.1, 0.15) is 0 Å². The van der Waals surface area contributed by atoms with Crippen molar-refractivity contribution in [2.45, 2.75) is 0 Å². The number of nitrogens with zero attached hydrogens (tertiary/aromatic N) is 4. The van der Waals surface area contributed by atoms with Gasteiger partial charge >= 0.3 is 0 Å². The summed E-state index contributed by atoms with van der Waals surface area (Å²) in [6.07, 6.45) is 0. The van der Waals surface area contributed by atoms with E-state index in [-0.39, 0.29) is 11.3 Å². The van der Waals surface area contributed by atoms with E-state index >= 15 is 0 Å². The average Bonchev–Trinajstić information content (AvgIpc) is 3.31. The van der Waals surface area contributed by atoms with Crippen molar-refractivity contribution in [3.63, 3.8) is 0 Å². The molecular weight excluding hydrogens is 414 g/mol. The first-order chi connectivity index (χ1) is 15.7. The SMILES string of the molecule is N#CC(C#N)=C(C#N)Nc1cccc(-c2nc(-c3ccccc3)c(-c3ccccc3)s2)c1. The molecule has 0 amide bonds. The van der Waals surface area contributed by atoms with Gasteiger partial charge in [-0.2, -0.15) is 15.8 Å². The number of nitrogens with one attached hydrogen (secondary N) is 1. The molecule has 0 bridgehead atoms. The second-order valence-electron chi connectivity index (χ2n) is 6.72. The highest BCUT2D eigenvalue weighted by Gasteiger charge is 2.16. The Hall–Kier alpha value is -4.70. The molecule has 6 heteroatoms. The number of allylic oxidation sites excluding steroid dienone is 2.